The first-order chi connectivity index (χ1) is 25.5. The summed E-state index contributed by atoms with van der Waals surface area (Å²) >= 11 is 3.78. The SMILES string of the molecule is CCC(C)(CC)C(=O)/C=C(\O)C(C)(CC)CC.Cc1sc2ccc(CC(C)C)cc2c1-c1cc2c(-c3[c-]c4ccccc4c(C(C)(C)C)c3)nccc2s1.[Ir]. The Morgan fingerprint density at radius 2 is 1.45 bits per heavy atom. The number of hydrogen-bond donors (Lipinski definition) is 1. The van der Waals surface area contributed by atoms with E-state index in [1.165, 1.54) is 58.1 Å². The molecule has 3 aromatic heterocycles. The Morgan fingerprint density at radius 3 is 2.07 bits per heavy atom. The van der Waals surface area contributed by atoms with Gasteiger partial charge in [-0.15, -0.1) is 51.8 Å². The molecule has 0 amide bonds. The van der Waals surface area contributed by atoms with Gasteiger partial charge in [0.25, 0.3) is 0 Å². The number of rotatable bonds is 11. The van der Waals surface area contributed by atoms with Gasteiger partial charge in [-0.25, -0.2) is 0 Å². The molecule has 1 radical (unpaired) electrons. The quantitative estimate of drug-likeness (QED) is 0.0800. The van der Waals surface area contributed by atoms with E-state index in [-0.39, 0.29) is 47.9 Å². The zero-order valence-corrected chi connectivity index (χ0v) is 39.0. The molecule has 3 heterocycles. The largest absolute Gasteiger partial charge is 0.512 e. The van der Waals surface area contributed by atoms with Gasteiger partial charge in [0.1, 0.15) is 5.76 Å². The van der Waals surface area contributed by atoms with Gasteiger partial charge in [-0.1, -0.05) is 111 Å². The van der Waals surface area contributed by atoms with Crippen molar-refractivity contribution in [3.8, 4) is 21.7 Å². The summed E-state index contributed by atoms with van der Waals surface area (Å²) in [6.07, 6.45) is 7.82. The van der Waals surface area contributed by atoms with E-state index >= 15 is 0 Å². The smallest absolute Gasteiger partial charge is 0.164 e. The van der Waals surface area contributed by atoms with E-state index in [1.54, 1.807) is 0 Å². The Bertz CT molecular complexity index is 2290. The topological polar surface area (TPSA) is 50.2 Å². The number of carbonyl (C=O) groups is 1. The number of nitrogens with zero attached hydrogens (tertiary/aromatic N) is 1. The number of aliphatic hydroxyl groups is 1. The van der Waals surface area contributed by atoms with Crippen LogP contribution >= 0.6 is 22.7 Å². The minimum Gasteiger partial charge on any atom is -0.512 e. The van der Waals surface area contributed by atoms with Crippen molar-refractivity contribution in [1.82, 2.24) is 4.98 Å². The molecule has 0 bridgehead atoms. The van der Waals surface area contributed by atoms with Crippen LogP contribution in [0.25, 0.3) is 52.6 Å². The normalized spacial score (nSPS) is 12.6. The minimum atomic E-state index is -0.337. The van der Waals surface area contributed by atoms with Crippen LogP contribution in [0.15, 0.2) is 78.7 Å². The summed E-state index contributed by atoms with van der Waals surface area (Å²) in [6, 6.07) is 26.2. The van der Waals surface area contributed by atoms with Gasteiger partial charge in [0.15, 0.2) is 5.78 Å². The van der Waals surface area contributed by atoms with Crippen molar-refractivity contribution in [2.45, 2.75) is 121 Å². The fourth-order valence-electron chi connectivity index (χ4n) is 7.13. The maximum Gasteiger partial charge on any atom is 0.164 e. The van der Waals surface area contributed by atoms with E-state index in [9.17, 15) is 9.90 Å². The summed E-state index contributed by atoms with van der Waals surface area (Å²) in [5.74, 6) is 0.934. The molecule has 3 nitrogen and oxygen atoms in total. The molecule has 6 heteroatoms. The van der Waals surface area contributed by atoms with Crippen molar-refractivity contribution in [2.75, 3.05) is 0 Å². The third-order valence-electron chi connectivity index (χ3n) is 11.7. The zero-order chi connectivity index (χ0) is 39.6. The Balaban J connectivity index is 0.000000320. The van der Waals surface area contributed by atoms with Crippen LogP contribution in [0.2, 0.25) is 0 Å². The average Bonchev–Trinajstić information content (AvgIpc) is 3.72. The van der Waals surface area contributed by atoms with Crippen molar-refractivity contribution < 1.29 is 30.0 Å². The van der Waals surface area contributed by atoms with Crippen molar-refractivity contribution in [3.63, 3.8) is 0 Å². The predicted octanol–water partition coefficient (Wildman–Crippen LogP) is 15.3. The second kappa shape index (κ2) is 18.0. The van der Waals surface area contributed by atoms with E-state index in [4.69, 9.17) is 4.98 Å². The Labute approximate surface area is 352 Å². The first-order valence-corrected chi connectivity index (χ1v) is 21.4. The summed E-state index contributed by atoms with van der Waals surface area (Å²) in [4.78, 5) is 19.8. The third-order valence-corrected chi connectivity index (χ3v) is 13.9. The van der Waals surface area contributed by atoms with Crippen molar-refractivity contribution in [3.05, 3.63) is 101 Å². The van der Waals surface area contributed by atoms with Crippen molar-refractivity contribution in [1.29, 1.82) is 0 Å². The van der Waals surface area contributed by atoms with E-state index in [0.717, 1.165) is 48.7 Å². The molecule has 1 N–H and O–H groups in total. The molecule has 0 aliphatic heterocycles. The average molecular weight is 951 g/mol. The second-order valence-corrected chi connectivity index (χ2v) is 19.3. The fourth-order valence-corrected chi connectivity index (χ4v) is 9.43. The first-order valence-electron chi connectivity index (χ1n) is 19.8. The molecule has 295 valence electrons. The number of carbonyl (C=O) groups excluding carboxylic acids is 1. The fraction of sp³-hybridized carbons (Fsp3) is 0.429. The van der Waals surface area contributed by atoms with Crippen LogP contribution < -0.4 is 0 Å². The molecule has 0 saturated heterocycles. The summed E-state index contributed by atoms with van der Waals surface area (Å²) < 4.78 is 2.64. The number of thiophene rings is 2. The van der Waals surface area contributed by atoms with Crippen LogP contribution in [0.1, 0.15) is 118 Å². The zero-order valence-electron chi connectivity index (χ0n) is 35.0. The first kappa shape index (κ1) is 44.6. The monoisotopic (exact) mass is 951 g/mol. The number of ketones is 1. The molecule has 0 saturated carbocycles. The molecule has 0 atom stereocenters. The van der Waals surface area contributed by atoms with Gasteiger partial charge in [0, 0.05) is 79.0 Å². The second-order valence-electron chi connectivity index (χ2n) is 17.0. The number of aromatic nitrogens is 1. The van der Waals surface area contributed by atoms with Gasteiger partial charge in [0.05, 0.1) is 0 Å². The van der Waals surface area contributed by atoms with Crippen LogP contribution in [0.3, 0.4) is 0 Å². The van der Waals surface area contributed by atoms with Gasteiger partial charge >= 0.3 is 0 Å². The van der Waals surface area contributed by atoms with Gasteiger partial charge < -0.3 is 5.11 Å². The van der Waals surface area contributed by atoms with Crippen LogP contribution in [0.5, 0.6) is 0 Å². The molecule has 0 aliphatic carbocycles. The van der Waals surface area contributed by atoms with Gasteiger partial charge in [-0.2, -0.15) is 0 Å². The molecule has 0 fully saturated rings. The summed E-state index contributed by atoms with van der Waals surface area (Å²) in [5.41, 5.74) is 5.66. The van der Waals surface area contributed by atoms with E-state index < -0.39 is 0 Å². The molecular weight excluding hydrogens is 891 g/mol. The Morgan fingerprint density at radius 1 is 0.818 bits per heavy atom. The summed E-state index contributed by atoms with van der Waals surface area (Å²) in [5, 5.41) is 15.2. The minimum absolute atomic E-state index is 0. The standard InChI is InChI=1S/C34H32NS2.C15H28O2.Ir/c1-20(2)15-22-11-12-29-26(16-22)32(21(3)36-29)31-19-27-30(37-31)13-14-35-33(27)24-17-23-9-7-8-10-25(23)28(18-24)34(4,5)6;1-7-14(5,8-2)12(16)11-13(17)15(6,9-3)10-4;/h7-14,16,18-20H,15H2,1-6H3;11,16H,7-10H2,1-6H3;/q-1;;/b;12-11-;. The summed E-state index contributed by atoms with van der Waals surface area (Å²) in [6.45, 7) is 25.8. The molecule has 0 aliphatic rings. The van der Waals surface area contributed by atoms with E-state index in [1.807, 2.05) is 70.4 Å². The van der Waals surface area contributed by atoms with Crippen LogP contribution in [0, 0.1) is 29.7 Å². The van der Waals surface area contributed by atoms with Gasteiger partial charge in [-0.3, -0.25) is 9.78 Å². The molecular formula is C49H60IrNO2S2-. The number of allylic oxidation sites excluding steroid dienone is 2. The Hall–Kier alpha value is -3.15. The number of fused-ring (bicyclic) bond motifs is 3. The third kappa shape index (κ3) is 9.53. The maximum atomic E-state index is 12.2. The van der Waals surface area contributed by atoms with Gasteiger partial charge in [0.2, 0.25) is 0 Å². The molecule has 0 spiro atoms. The van der Waals surface area contributed by atoms with Crippen LogP contribution in [-0.2, 0) is 36.7 Å². The van der Waals surface area contributed by atoms with Crippen LogP contribution in [0.4, 0.5) is 0 Å². The number of hydrogen-bond acceptors (Lipinski definition) is 5. The number of aliphatic hydroxyl groups excluding tert-OH is 1. The van der Waals surface area contributed by atoms with Crippen molar-refractivity contribution >= 4 is 59.4 Å². The van der Waals surface area contributed by atoms with Crippen molar-refractivity contribution in [2.24, 2.45) is 16.7 Å². The number of pyridine rings is 1. The predicted molar refractivity (Wildman–Crippen MR) is 237 cm³/mol. The Kier molecular flexibility index (Phi) is 14.6. The maximum absolute atomic E-state index is 12.2. The molecule has 6 rings (SSSR count). The number of benzene rings is 3. The molecule has 3 aromatic carbocycles. The molecule has 6 aromatic rings. The van der Waals surface area contributed by atoms with E-state index in [0.29, 0.717) is 5.92 Å². The van der Waals surface area contributed by atoms with E-state index in [2.05, 4.69) is 108 Å². The number of aryl methyl sites for hydroxylation is 1. The molecule has 0 unspecified atom stereocenters. The summed E-state index contributed by atoms with van der Waals surface area (Å²) in [7, 11) is 0. The van der Waals surface area contributed by atoms with Gasteiger partial charge in [-0.05, 0) is 85.6 Å². The van der Waals surface area contributed by atoms with Crippen LogP contribution in [-0.4, -0.2) is 15.9 Å². The molecule has 55 heavy (non-hydrogen) atoms.